The van der Waals surface area contributed by atoms with E-state index in [2.05, 4.69) is 15.7 Å². The quantitative estimate of drug-likeness (QED) is 0.698. The van der Waals surface area contributed by atoms with E-state index < -0.39 is 0 Å². The molecule has 6 heteroatoms. The zero-order valence-electron chi connectivity index (χ0n) is 17.4. The average Bonchev–Trinajstić information content (AvgIpc) is 3.02. The van der Waals surface area contributed by atoms with Crippen molar-refractivity contribution >= 4 is 17.5 Å². The average molecular weight is 390 g/mol. The van der Waals surface area contributed by atoms with Crippen molar-refractivity contribution in [3.63, 3.8) is 0 Å². The first-order chi connectivity index (χ1) is 13.7. The molecule has 0 fully saturated rings. The molecule has 0 saturated carbocycles. The Balaban J connectivity index is 1.87. The molecule has 0 aliphatic carbocycles. The first-order valence-corrected chi connectivity index (χ1v) is 9.51. The highest BCUT2D eigenvalue weighted by Crippen LogP contribution is 2.21. The zero-order valence-corrected chi connectivity index (χ0v) is 17.4. The molecule has 0 aliphatic heterocycles. The van der Waals surface area contributed by atoms with Crippen molar-refractivity contribution in [2.45, 2.75) is 40.2 Å². The molecule has 0 atom stereocenters. The third kappa shape index (κ3) is 4.54. The van der Waals surface area contributed by atoms with E-state index in [1.807, 2.05) is 58.9 Å². The number of para-hydroxylation sites is 2. The van der Waals surface area contributed by atoms with Gasteiger partial charge in [0, 0.05) is 5.54 Å². The van der Waals surface area contributed by atoms with Crippen LogP contribution in [0.2, 0.25) is 0 Å². The highest BCUT2D eigenvalue weighted by molar-refractivity contribution is 6.09. The van der Waals surface area contributed by atoms with Gasteiger partial charge in [0.15, 0.2) is 0 Å². The number of hydrogen-bond donors (Lipinski definition) is 2. The van der Waals surface area contributed by atoms with Crippen molar-refractivity contribution in [2.24, 2.45) is 0 Å². The van der Waals surface area contributed by atoms with Gasteiger partial charge in [-0.25, -0.2) is 4.68 Å². The molecule has 3 rings (SSSR count). The van der Waals surface area contributed by atoms with Crippen molar-refractivity contribution < 1.29 is 9.59 Å². The normalized spacial score (nSPS) is 11.2. The molecule has 1 heterocycles. The molecule has 3 aromatic rings. The van der Waals surface area contributed by atoms with Crippen LogP contribution in [0.3, 0.4) is 0 Å². The minimum Gasteiger partial charge on any atom is -0.347 e. The van der Waals surface area contributed by atoms with Crippen LogP contribution in [0.4, 0.5) is 5.69 Å². The summed E-state index contributed by atoms with van der Waals surface area (Å²) in [6.07, 6.45) is 1.55. The third-order valence-corrected chi connectivity index (χ3v) is 4.51. The van der Waals surface area contributed by atoms with Crippen molar-refractivity contribution in [1.82, 2.24) is 15.1 Å². The van der Waals surface area contributed by atoms with Crippen molar-refractivity contribution in [2.75, 3.05) is 5.32 Å². The number of hydrogen-bond acceptors (Lipinski definition) is 3. The smallest absolute Gasteiger partial charge is 0.259 e. The summed E-state index contributed by atoms with van der Waals surface area (Å²) in [7, 11) is 0. The number of aryl methyl sites for hydroxylation is 1. The first-order valence-electron chi connectivity index (χ1n) is 9.51. The Bertz CT molecular complexity index is 1060. The van der Waals surface area contributed by atoms with Crippen LogP contribution < -0.4 is 10.6 Å². The summed E-state index contributed by atoms with van der Waals surface area (Å²) in [5.74, 6) is -0.543. The second-order valence-corrected chi connectivity index (χ2v) is 8.05. The second-order valence-electron chi connectivity index (χ2n) is 8.05. The van der Waals surface area contributed by atoms with E-state index in [-0.39, 0.29) is 17.4 Å². The standard InChI is InChI=1S/C23H26N4O2/c1-15-10-6-9-13-20(15)27-16(2)18(14-24-27)21(28)25-19-12-8-7-11-17(19)22(29)26-23(3,4)5/h6-14H,1-5H3,(H,25,28)(H,26,29). The fraction of sp³-hybridized carbons (Fsp3) is 0.261. The molecular weight excluding hydrogens is 364 g/mol. The number of anilines is 1. The predicted molar refractivity (Wildman–Crippen MR) is 115 cm³/mol. The van der Waals surface area contributed by atoms with Gasteiger partial charge in [-0.15, -0.1) is 0 Å². The highest BCUT2D eigenvalue weighted by atomic mass is 16.2. The SMILES string of the molecule is Cc1ccccc1-n1ncc(C(=O)Nc2ccccc2C(=O)NC(C)(C)C)c1C. The summed E-state index contributed by atoms with van der Waals surface area (Å²) in [5.41, 5.74) is 3.68. The van der Waals surface area contributed by atoms with E-state index in [9.17, 15) is 9.59 Å². The molecule has 0 radical (unpaired) electrons. The molecule has 2 N–H and O–H groups in total. The lowest BCUT2D eigenvalue weighted by Crippen LogP contribution is -2.40. The second kappa shape index (κ2) is 7.91. The van der Waals surface area contributed by atoms with E-state index in [0.29, 0.717) is 16.8 Å². The Hall–Kier alpha value is -3.41. The molecule has 0 unspecified atom stereocenters. The van der Waals surface area contributed by atoms with Crippen LogP contribution in [0.25, 0.3) is 5.69 Å². The van der Waals surface area contributed by atoms with Crippen LogP contribution in [-0.4, -0.2) is 27.1 Å². The number of nitrogens with one attached hydrogen (secondary N) is 2. The molecule has 6 nitrogen and oxygen atoms in total. The number of nitrogens with zero attached hydrogens (tertiary/aromatic N) is 2. The summed E-state index contributed by atoms with van der Waals surface area (Å²) < 4.78 is 1.75. The molecule has 0 spiro atoms. The Morgan fingerprint density at radius 2 is 1.55 bits per heavy atom. The van der Waals surface area contributed by atoms with Gasteiger partial charge in [0.25, 0.3) is 11.8 Å². The lowest BCUT2D eigenvalue weighted by Gasteiger charge is -2.21. The first kappa shape index (κ1) is 20.3. The number of aromatic nitrogens is 2. The number of carbonyl (C=O) groups excluding carboxylic acids is 2. The Labute approximate surface area is 170 Å². The Morgan fingerprint density at radius 1 is 0.897 bits per heavy atom. The zero-order chi connectivity index (χ0) is 21.2. The van der Waals surface area contributed by atoms with Crippen LogP contribution in [-0.2, 0) is 0 Å². The third-order valence-electron chi connectivity index (χ3n) is 4.51. The number of amides is 2. The van der Waals surface area contributed by atoms with Crippen molar-refractivity contribution in [3.8, 4) is 5.69 Å². The highest BCUT2D eigenvalue weighted by Gasteiger charge is 2.21. The van der Waals surface area contributed by atoms with Gasteiger partial charge in [0.1, 0.15) is 0 Å². The summed E-state index contributed by atoms with van der Waals surface area (Å²) in [6, 6.07) is 14.8. The summed E-state index contributed by atoms with van der Waals surface area (Å²) >= 11 is 0. The van der Waals surface area contributed by atoms with Gasteiger partial charge in [-0.2, -0.15) is 5.10 Å². The van der Waals surface area contributed by atoms with Gasteiger partial charge in [-0.3, -0.25) is 9.59 Å². The maximum atomic E-state index is 12.9. The monoisotopic (exact) mass is 390 g/mol. The summed E-state index contributed by atoms with van der Waals surface area (Å²) in [6.45, 7) is 9.59. The van der Waals surface area contributed by atoms with Gasteiger partial charge in [0.05, 0.1) is 34.4 Å². The minimum absolute atomic E-state index is 0.235. The van der Waals surface area contributed by atoms with Crippen LogP contribution in [0.5, 0.6) is 0 Å². The Kier molecular flexibility index (Phi) is 5.55. The van der Waals surface area contributed by atoms with E-state index >= 15 is 0 Å². The minimum atomic E-state index is -0.376. The van der Waals surface area contributed by atoms with E-state index in [1.54, 1.807) is 35.1 Å². The van der Waals surface area contributed by atoms with Gasteiger partial charge < -0.3 is 10.6 Å². The molecule has 150 valence electrons. The van der Waals surface area contributed by atoms with Crippen LogP contribution in [0.1, 0.15) is 52.7 Å². The molecule has 0 bridgehead atoms. The van der Waals surface area contributed by atoms with Crippen LogP contribution >= 0.6 is 0 Å². The summed E-state index contributed by atoms with van der Waals surface area (Å²) in [4.78, 5) is 25.5. The topological polar surface area (TPSA) is 76.0 Å². The molecule has 0 saturated heterocycles. The van der Waals surface area contributed by atoms with Gasteiger partial charge in [-0.1, -0.05) is 30.3 Å². The van der Waals surface area contributed by atoms with E-state index in [1.165, 1.54) is 0 Å². The fourth-order valence-corrected chi connectivity index (χ4v) is 3.06. The molecule has 29 heavy (non-hydrogen) atoms. The molecule has 1 aromatic heterocycles. The number of rotatable bonds is 4. The fourth-order valence-electron chi connectivity index (χ4n) is 3.06. The summed E-state index contributed by atoms with van der Waals surface area (Å²) in [5, 5.41) is 10.2. The predicted octanol–water partition coefficient (Wildman–Crippen LogP) is 4.27. The van der Waals surface area contributed by atoms with E-state index in [0.717, 1.165) is 16.9 Å². The van der Waals surface area contributed by atoms with Crippen molar-refractivity contribution in [3.05, 3.63) is 77.1 Å². The van der Waals surface area contributed by atoms with Gasteiger partial charge in [0.2, 0.25) is 0 Å². The van der Waals surface area contributed by atoms with Gasteiger partial charge >= 0.3 is 0 Å². The largest absolute Gasteiger partial charge is 0.347 e. The van der Waals surface area contributed by atoms with E-state index in [4.69, 9.17) is 0 Å². The Morgan fingerprint density at radius 3 is 2.24 bits per heavy atom. The maximum absolute atomic E-state index is 12.9. The number of carbonyl (C=O) groups is 2. The molecule has 2 aromatic carbocycles. The lowest BCUT2D eigenvalue weighted by molar-refractivity contribution is 0.0920. The maximum Gasteiger partial charge on any atom is 0.259 e. The lowest BCUT2D eigenvalue weighted by atomic mass is 10.1. The van der Waals surface area contributed by atoms with Crippen LogP contribution in [0, 0.1) is 13.8 Å². The van der Waals surface area contributed by atoms with Crippen molar-refractivity contribution in [1.29, 1.82) is 0 Å². The number of benzene rings is 2. The van der Waals surface area contributed by atoms with Gasteiger partial charge in [-0.05, 0) is 58.4 Å². The molecular formula is C23H26N4O2. The molecule has 0 aliphatic rings. The molecule has 2 amide bonds. The van der Waals surface area contributed by atoms with Crippen LogP contribution in [0.15, 0.2) is 54.7 Å².